The second-order valence-electron chi connectivity index (χ2n) is 14.4. The molecular formula is C41H53N13O4. The van der Waals surface area contributed by atoms with Crippen LogP contribution < -0.4 is 26.6 Å². The summed E-state index contributed by atoms with van der Waals surface area (Å²) in [5.74, 6) is -0.644. The van der Waals surface area contributed by atoms with Crippen LogP contribution in [0.1, 0.15) is 94.7 Å². The predicted octanol–water partition coefficient (Wildman–Crippen LogP) is 5.04. The molecule has 0 unspecified atom stereocenters. The summed E-state index contributed by atoms with van der Waals surface area (Å²) in [6.07, 6.45) is 4.31. The maximum Gasteiger partial charge on any atom is 0.276 e. The van der Waals surface area contributed by atoms with Crippen LogP contribution in [0.25, 0.3) is 22.1 Å². The molecule has 0 fully saturated rings. The van der Waals surface area contributed by atoms with Crippen molar-refractivity contribution in [2.45, 2.75) is 92.9 Å². The summed E-state index contributed by atoms with van der Waals surface area (Å²) in [7, 11) is 3.43. The minimum Gasteiger partial charge on any atom is -0.366 e. The highest BCUT2D eigenvalue weighted by Gasteiger charge is 2.25. The van der Waals surface area contributed by atoms with Crippen LogP contribution in [0.2, 0.25) is 0 Å². The molecule has 58 heavy (non-hydrogen) atoms. The van der Waals surface area contributed by atoms with Crippen molar-refractivity contribution in [3.05, 3.63) is 76.4 Å². The number of aryl methyl sites for hydroxylation is 6. The number of aromatic nitrogens is 8. The summed E-state index contributed by atoms with van der Waals surface area (Å²) in [6.45, 7) is 7.89. The lowest BCUT2D eigenvalue weighted by Crippen LogP contribution is -2.34. The number of hydrogen-bond acceptors (Lipinski definition) is 9. The fraction of sp³-hybridized carbons (Fsp3) is 0.415. The first-order valence-electron chi connectivity index (χ1n) is 19.4. The van der Waals surface area contributed by atoms with Gasteiger partial charge in [-0.15, -0.1) is 0 Å². The molecule has 1 aliphatic rings. The van der Waals surface area contributed by atoms with Crippen LogP contribution in [0.3, 0.4) is 0 Å². The third-order valence-corrected chi connectivity index (χ3v) is 10.5. The third kappa shape index (κ3) is 8.07. The van der Waals surface area contributed by atoms with Gasteiger partial charge in [0.2, 0.25) is 23.7 Å². The lowest BCUT2D eigenvalue weighted by Gasteiger charge is -2.17. The van der Waals surface area contributed by atoms with E-state index in [-0.39, 0.29) is 31.7 Å². The molecule has 0 aliphatic carbocycles. The first-order valence-corrected chi connectivity index (χ1v) is 19.4. The van der Waals surface area contributed by atoms with E-state index in [4.69, 9.17) is 20.8 Å². The Morgan fingerprint density at radius 2 is 1.59 bits per heavy atom. The lowest BCUT2D eigenvalue weighted by atomic mass is 10.0. The molecule has 0 bridgehead atoms. The van der Waals surface area contributed by atoms with Gasteiger partial charge in [0, 0.05) is 44.4 Å². The molecule has 4 amide bonds. The topological polar surface area (TPSA) is 205 Å². The van der Waals surface area contributed by atoms with Gasteiger partial charge in [0.1, 0.15) is 16.9 Å². The maximum atomic E-state index is 14.2. The van der Waals surface area contributed by atoms with Gasteiger partial charge in [-0.1, -0.05) is 19.9 Å². The molecule has 306 valence electrons. The van der Waals surface area contributed by atoms with Crippen LogP contribution in [0.5, 0.6) is 0 Å². The number of para-hydroxylation sites is 1. The number of carbonyl (C=O) groups excluding carboxylic acids is 4. The number of fused-ring (bicyclic) bond motifs is 8. The summed E-state index contributed by atoms with van der Waals surface area (Å²) in [5.41, 5.74) is 12.5. The van der Waals surface area contributed by atoms with Crippen molar-refractivity contribution in [2.75, 3.05) is 36.2 Å². The highest BCUT2D eigenvalue weighted by atomic mass is 16.2. The van der Waals surface area contributed by atoms with E-state index < -0.39 is 5.91 Å². The fourth-order valence-electron chi connectivity index (χ4n) is 7.64. The van der Waals surface area contributed by atoms with Gasteiger partial charge in [0.05, 0.1) is 40.2 Å². The zero-order valence-corrected chi connectivity index (χ0v) is 33.1. The number of hydrogen-bond donors (Lipinski definition) is 4. The molecule has 1 aliphatic heterocycles. The molecule has 17 heteroatoms. The number of nitrogens with two attached hydrogens (primary N) is 1. The van der Waals surface area contributed by atoms with Crippen LogP contribution in [0.4, 0.5) is 17.6 Å². The van der Waals surface area contributed by atoms with Gasteiger partial charge in [0.25, 0.3) is 11.8 Å². The Labute approximate surface area is 337 Å². The van der Waals surface area contributed by atoms with Crippen molar-refractivity contribution in [2.24, 2.45) is 5.73 Å². The Balaban J connectivity index is 0.00000567. The minimum absolute atomic E-state index is 0. The van der Waals surface area contributed by atoms with E-state index in [9.17, 15) is 19.2 Å². The third-order valence-electron chi connectivity index (χ3n) is 10.5. The second kappa shape index (κ2) is 17.4. The number of rotatable bonds is 5. The number of nitrogens with zero attached hydrogens (tertiary/aromatic N) is 9. The van der Waals surface area contributed by atoms with Gasteiger partial charge in [-0.05, 0) is 96.3 Å². The Morgan fingerprint density at radius 3 is 2.31 bits per heavy atom. The quantitative estimate of drug-likeness (QED) is 0.184. The highest BCUT2D eigenvalue weighted by Crippen LogP contribution is 2.30. The van der Waals surface area contributed by atoms with Crippen LogP contribution in [-0.2, 0) is 37.4 Å². The number of imidazole rings is 2. The zero-order chi connectivity index (χ0) is 40.4. The van der Waals surface area contributed by atoms with Crippen molar-refractivity contribution in [1.29, 1.82) is 0 Å². The van der Waals surface area contributed by atoms with Gasteiger partial charge in [-0.3, -0.25) is 39.2 Å². The largest absolute Gasteiger partial charge is 0.366 e. The number of primary amides is 1. The number of anilines is 3. The second-order valence-corrected chi connectivity index (χ2v) is 14.4. The Kier molecular flexibility index (Phi) is 12.4. The molecule has 5 heterocycles. The normalized spacial score (nSPS) is 14.3. The van der Waals surface area contributed by atoms with Crippen molar-refractivity contribution in [1.82, 2.24) is 44.0 Å². The molecule has 0 atom stereocenters. The summed E-state index contributed by atoms with van der Waals surface area (Å²) in [4.78, 5) is 64.5. The standard InChI is InChI=1S/C40H49N13O4.CH4/c1-6-52-35-27(25(3)48-52)13-8-7-9-20-53-32(21-24(2)47-53)37(56)45-40-44-34-30(49(5)33(54)23-42-4)14-12-15-31(34)51(40)19-11-10-18-50-29-17-16-26(36(41)55)22-28(29)43-39(50)46-38(35)57;/h12,14-17,21-22,42H,6-11,13,18-20,23H2,1-5H3,(H2,41,55)(H,43,46,57)(H,44,45,56);1H4. The number of likely N-dealkylation sites (N-methyl/N-ethyl adjacent to an activating group) is 2. The van der Waals surface area contributed by atoms with Crippen molar-refractivity contribution in [3.63, 3.8) is 0 Å². The molecule has 0 saturated heterocycles. The smallest absolute Gasteiger partial charge is 0.276 e. The van der Waals surface area contributed by atoms with E-state index >= 15 is 0 Å². The van der Waals surface area contributed by atoms with Gasteiger partial charge in [-0.25, -0.2) is 9.97 Å². The Morgan fingerprint density at radius 1 is 0.879 bits per heavy atom. The summed E-state index contributed by atoms with van der Waals surface area (Å²) in [6, 6.07) is 12.5. The number of amides is 4. The van der Waals surface area contributed by atoms with E-state index in [1.54, 1.807) is 52.6 Å². The van der Waals surface area contributed by atoms with E-state index in [0.717, 1.165) is 47.2 Å². The van der Waals surface area contributed by atoms with Crippen LogP contribution in [0, 0.1) is 13.8 Å². The molecule has 2 aromatic carbocycles. The molecule has 17 nitrogen and oxygen atoms in total. The average Bonchev–Trinajstić information content (AvgIpc) is 3.93. The van der Waals surface area contributed by atoms with Crippen LogP contribution >= 0.6 is 0 Å². The molecule has 0 saturated carbocycles. The monoisotopic (exact) mass is 791 g/mol. The summed E-state index contributed by atoms with van der Waals surface area (Å²) in [5, 5.41) is 18.4. The minimum atomic E-state index is -0.570. The average molecular weight is 792 g/mol. The van der Waals surface area contributed by atoms with E-state index in [2.05, 4.69) is 21.0 Å². The highest BCUT2D eigenvalue weighted by molar-refractivity contribution is 6.06. The van der Waals surface area contributed by atoms with E-state index in [0.29, 0.717) is 91.0 Å². The van der Waals surface area contributed by atoms with Crippen molar-refractivity contribution >= 4 is 63.3 Å². The molecule has 6 aromatic rings. The molecule has 5 N–H and O–H groups in total. The number of carbonyl (C=O) groups is 4. The first-order chi connectivity index (χ1) is 27.5. The van der Waals surface area contributed by atoms with Gasteiger partial charge >= 0.3 is 0 Å². The molecule has 0 spiro atoms. The van der Waals surface area contributed by atoms with E-state index in [1.165, 1.54) is 0 Å². The van der Waals surface area contributed by atoms with E-state index in [1.807, 2.05) is 48.1 Å². The summed E-state index contributed by atoms with van der Waals surface area (Å²) >= 11 is 0. The fourth-order valence-corrected chi connectivity index (χ4v) is 7.64. The molecule has 0 radical (unpaired) electrons. The first kappa shape index (κ1) is 41.3. The van der Waals surface area contributed by atoms with Crippen molar-refractivity contribution < 1.29 is 19.2 Å². The maximum absolute atomic E-state index is 14.2. The number of nitrogens with one attached hydrogen (secondary N) is 3. The molecule has 4 aromatic heterocycles. The van der Waals surface area contributed by atoms with Crippen LogP contribution in [0.15, 0.2) is 42.5 Å². The SMILES string of the molecule is C.CCn1nc(C)c2c1C(=O)Nc1nc3cc(C(N)=O)ccc3n1CCCCn1c(nc3c(N(C)C(=O)CNC)cccc31)NC(=O)c1cc(C)nn1CCCCC2. The van der Waals surface area contributed by atoms with Crippen LogP contribution in [-0.4, -0.2) is 82.9 Å². The Hall–Kier alpha value is -6.36. The zero-order valence-electron chi connectivity index (χ0n) is 33.1. The van der Waals surface area contributed by atoms with Crippen molar-refractivity contribution in [3.8, 4) is 0 Å². The predicted molar refractivity (Wildman–Crippen MR) is 224 cm³/mol. The van der Waals surface area contributed by atoms with Gasteiger partial charge in [-0.2, -0.15) is 10.2 Å². The molecular weight excluding hydrogens is 739 g/mol. The summed E-state index contributed by atoms with van der Waals surface area (Å²) < 4.78 is 7.39. The van der Waals surface area contributed by atoms with Gasteiger partial charge in [0.15, 0.2) is 0 Å². The lowest BCUT2D eigenvalue weighted by molar-refractivity contribution is -0.117. The Bertz CT molecular complexity index is 2510. The molecule has 7 rings (SSSR count). The van der Waals surface area contributed by atoms with Gasteiger partial charge < -0.3 is 25.1 Å². The number of benzene rings is 2.